The maximum Gasteiger partial charge on any atom is 0.326 e. The van der Waals surface area contributed by atoms with Gasteiger partial charge in [-0.15, -0.1) is 0 Å². The maximum absolute atomic E-state index is 12.7. The van der Waals surface area contributed by atoms with Gasteiger partial charge >= 0.3 is 5.97 Å². The summed E-state index contributed by atoms with van der Waals surface area (Å²) in [5.74, 6) is -4.22. The Bertz CT molecular complexity index is 608. The first kappa shape index (κ1) is 22.4. The molecule has 1 saturated heterocycles. The Balaban J connectivity index is 2.97. The largest absolute Gasteiger partial charge is 0.480 e. The van der Waals surface area contributed by atoms with E-state index in [2.05, 4.69) is 10.6 Å². The highest BCUT2D eigenvalue weighted by Crippen LogP contribution is 2.19. The van der Waals surface area contributed by atoms with Crippen molar-refractivity contribution in [1.29, 1.82) is 0 Å². The maximum atomic E-state index is 12.7. The van der Waals surface area contributed by atoms with E-state index in [1.54, 1.807) is 13.8 Å². The molecule has 0 bridgehead atoms. The lowest BCUT2D eigenvalue weighted by Crippen LogP contribution is -2.58. The van der Waals surface area contributed by atoms with Gasteiger partial charge in [0, 0.05) is 6.54 Å². The smallest absolute Gasteiger partial charge is 0.326 e. The second-order valence-corrected chi connectivity index (χ2v) is 6.75. The molecular weight excluding hydrogens is 358 g/mol. The molecule has 11 nitrogen and oxygen atoms in total. The average molecular weight is 385 g/mol. The number of carbonyl (C=O) groups excluding carboxylic acids is 4. The van der Waals surface area contributed by atoms with Gasteiger partial charge in [0.25, 0.3) is 0 Å². The second-order valence-electron chi connectivity index (χ2n) is 6.75. The molecule has 0 saturated carbocycles. The number of carboxylic acid groups (broad SMARTS) is 1. The molecule has 7 N–H and O–H groups in total. The van der Waals surface area contributed by atoms with Gasteiger partial charge < -0.3 is 32.1 Å². The monoisotopic (exact) mass is 385 g/mol. The first-order chi connectivity index (χ1) is 12.6. The Hall–Kier alpha value is -2.69. The second kappa shape index (κ2) is 9.86. The molecule has 27 heavy (non-hydrogen) atoms. The molecule has 0 aromatic rings. The molecule has 0 aromatic heterocycles. The molecule has 3 unspecified atom stereocenters. The van der Waals surface area contributed by atoms with Crippen LogP contribution in [0.1, 0.15) is 33.1 Å². The summed E-state index contributed by atoms with van der Waals surface area (Å²) in [5.41, 5.74) is 10.4. The number of rotatable bonds is 9. The highest BCUT2D eigenvalue weighted by molar-refractivity contribution is 5.96. The van der Waals surface area contributed by atoms with Crippen molar-refractivity contribution in [2.24, 2.45) is 17.4 Å². The number of carbonyl (C=O) groups is 5. The minimum absolute atomic E-state index is 0.207. The van der Waals surface area contributed by atoms with E-state index >= 15 is 0 Å². The number of nitrogens with one attached hydrogen (secondary N) is 2. The van der Waals surface area contributed by atoms with Crippen LogP contribution in [0.5, 0.6) is 0 Å². The quantitative estimate of drug-likeness (QED) is 0.291. The fraction of sp³-hybridized carbons (Fsp3) is 0.688. The predicted octanol–water partition coefficient (Wildman–Crippen LogP) is -2.48. The van der Waals surface area contributed by atoms with Gasteiger partial charge in [0.15, 0.2) is 0 Å². The molecule has 152 valence electrons. The Kier molecular flexibility index (Phi) is 8.16. The summed E-state index contributed by atoms with van der Waals surface area (Å²) in [5, 5.41) is 14.1. The number of hydrogen-bond donors (Lipinski definition) is 5. The minimum Gasteiger partial charge on any atom is -0.480 e. The zero-order valence-corrected chi connectivity index (χ0v) is 15.4. The highest BCUT2D eigenvalue weighted by atomic mass is 16.4. The van der Waals surface area contributed by atoms with Crippen molar-refractivity contribution in [3.63, 3.8) is 0 Å². The number of nitrogens with two attached hydrogens (primary N) is 2. The molecular formula is C16H27N5O6. The van der Waals surface area contributed by atoms with Gasteiger partial charge in [-0.05, 0) is 18.8 Å². The zero-order valence-electron chi connectivity index (χ0n) is 15.4. The van der Waals surface area contributed by atoms with Crippen molar-refractivity contribution < 1.29 is 29.1 Å². The Labute approximate surface area is 156 Å². The first-order valence-corrected chi connectivity index (χ1v) is 8.69. The number of likely N-dealkylation sites (tertiary alicyclic amines) is 1. The lowest BCUT2D eigenvalue weighted by atomic mass is 10.0. The summed E-state index contributed by atoms with van der Waals surface area (Å²) < 4.78 is 0. The van der Waals surface area contributed by atoms with Crippen LogP contribution in [0.15, 0.2) is 0 Å². The van der Waals surface area contributed by atoms with E-state index in [9.17, 15) is 29.1 Å². The van der Waals surface area contributed by atoms with Gasteiger partial charge in [0.05, 0.1) is 13.0 Å². The molecule has 0 spiro atoms. The third-order valence-electron chi connectivity index (χ3n) is 4.29. The summed E-state index contributed by atoms with van der Waals surface area (Å²) in [4.78, 5) is 60.6. The minimum atomic E-state index is -1.31. The van der Waals surface area contributed by atoms with Gasteiger partial charge in [0.1, 0.15) is 18.1 Å². The van der Waals surface area contributed by atoms with Gasteiger partial charge in [-0.2, -0.15) is 0 Å². The van der Waals surface area contributed by atoms with Gasteiger partial charge in [-0.25, -0.2) is 4.79 Å². The van der Waals surface area contributed by atoms with Crippen LogP contribution < -0.4 is 22.1 Å². The van der Waals surface area contributed by atoms with Crippen LogP contribution in [0.3, 0.4) is 0 Å². The SMILES string of the molecule is CC(C)C(NC(=O)CN)C(=O)NC(CC(N)=O)C(=O)N1CCCC1C(=O)O. The lowest BCUT2D eigenvalue weighted by Gasteiger charge is -2.29. The molecule has 1 fully saturated rings. The van der Waals surface area contributed by atoms with Crippen LogP contribution >= 0.6 is 0 Å². The van der Waals surface area contributed by atoms with E-state index in [1.165, 1.54) is 0 Å². The number of primary amides is 1. The van der Waals surface area contributed by atoms with E-state index in [4.69, 9.17) is 11.5 Å². The number of nitrogens with zero attached hydrogens (tertiary/aromatic N) is 1. The lowest BCUT2D eigenvalue weighted by molar-refractivity contribution is -0.149. The third kappa shape index (κ3) is 6.20. The van der Waals surface area contributed by atoms with E-state index in [0.717, 1.165) is 4.90 Å². The highest BCUT2D eigenvalue weighted by Gasteiger charge is 2.39. The van der Waals surface area contributed by atoms with E-state index in [-0.39, 0.29) is 19.0 Å². The Morgan fingerprint density at radius 3 is 2.30 bits per heavy atom. The number of carboxylic acids is 1. The third-order valence-corrected chi connectivity index (χ3v) is 4.29. The van der Waals surface area contributed by atoms with Gasteiger partial charge in [-0.3, -0.25) is 19.2 Å². The van der Waals surface area contributed by atoms with Crippen LogP contribution in [0, 0.1) is 5.92 Å². The van der Waals surface area contributed by atoms with Crippen molar-refractivity contribution in [2.75, 3.05) is 13.1 Å². The summed E-state index contributed by atoms with van der Waals surface area (Å²) in [7, 11) is 0. The molecule has 0 aromatic carbocycles. The molecule has 0 radical (unpaired) electrons. The summed E-state index contributed by atoms with van der Waals surface area (Å²) >= 11 is 0. The summed E-state index contributed by atoms with van der Waals surface area (Å²) in [6, 6.07) is -3.30. The van der Waals surface area contributed by atoms with Gasteiger partial charge in [-0.1, -0.05) is 13.8 Å². The zero-order chi connectivity index (χ0) is 20.7. The predicted molar refractivity (Wildman–Crippen MR) is 93.9 cm³/mol. The summed E-state index contributed by atoms with van der Waals surface area (Å²) in [6.45, 7) is 3.27. The number of hydrogen-bond acceptors (Lipinski definition) is 6. The Morgan fingerprint density at radius 2 is 1.81 bits per heavy atom. The Morgan fingerprint density at radius 1 is 1.19 bits per heavy atom. The van der Waals surface area contributed by atoms with Crippen molar-refractivity contribution in [2.45, 2.75) is 51.2 Å². The van der Waals surface area contributed by atoms with E-state index in [0.29, 0.717) is 12.8 Å². The standard InChI is InChI=1S/C16H27N5O6/c1-8(2)13(20-12(23)7-17)14(24)19-9(6-11(18)22)15(25)21-5-3-4-10(21)16(26)27/h8-10,13H,3-7,17H2,1-2H3,(H2,18,22)(H,19,24)(H,20,23)(H,26,27). The van der Waals surface area contributed by atoms with Crippen LogP contribution in [-0.2, 0) is 24.0 Å². The average Bonchev–Trinajstić information content (AvgIpc) is 3.07. The fourth-order valence-electron chi connectivity index (χ4n) is 2.92. The van der Waals surface area contributed by atoms with Crippen LogP contribution in [0.25, 0.3) is 0 Å². The topological polar surface area (TPSA) is 185 Å². The number of aliphatic carboxylic acids is 1. The molecule has 1 aliphatic rings. The van der Waals surface area contributed by atoms with Crippen molar-refractivity contribution in [3.8, 4) is 0 Å². The normalized spacial score (nSPS) is 18.7. The van der Waals surface area contributed by atoms with Crippen LogP contribution in [0.2, 0.25) is 0 Å². The molecule has 1 heterocycles. The van der Waals surface area contributed by atoms with Crippen molar-refractivity contribution in [3.05, 3.63) is 0 Å². The molecule has 0 aliphatic carbocycles. The molecule has 1 rings (SSSR count). The molecule has 1 aliphatic heterocycles. The first-order valence-electron chi connectivity index (χ1n) is 8.69. The van der Waals surface area contributed by atoms with Crippen LogP contribution in [-0.4, -0.2) is 70.8 Å². The molecule has 3 atom stereocenters. The van der Waals surface area contributed by atoms with Gasteiger partial charge in [0.2, 0.25) is 23.6 Å². The molecule has 11 heteroatoms. The fourth-order valence-corrected chi connectivity index (χ4v) is 2.92. The number of amides is 4. The van der Waals surface area contributed by atoms with E-state index in [1.807, 2.05) is 0 Å². The van der Waals surface area contributed by atoms with Crippen LogP contribution in [0.4, 0.5) is 0 Å². The van der Waals surface area contributed by atoms with Crippen molar-refractivity contribution >= 4 is 29.6 Å². The molecule has 4 amide bonds. The summed E-state index contributed by atoms with van der Waals surface area (Å²) in [6.07, 6.45) is 0.309. The van der Waals surface area contributed by atoms with Crippen molar-refractivity contribution in [1.82, 2.24) is 15.5 Å². The van der Waals surface area contributed by atoms with E-state index < -0.39 is 54.1 Å².